The molecule has 0 saturated carbocycles. The van der Waals surface area contributed by atoms with Crippen LogP contribution >= 0.6 is 22.9 Å². The second-order valence-corrected chi connectivity index (χ2v) is 5.46. The van der Waals surface area contributed by atoms with Crippen LogP contribution in [-0.4, -0.2) is 12.2 Å². The number of ether oxygens (including phenoxy) is 1. The van der Waals surface area contributed by atoms with E-state index in [1.54, 1.807) is 13.2 Å². The Morgan fingerprint density at radius 2 is 1.94 bits per heavy atom. The third kappa shape index (κ3) is 3.22. The summed E-state index contributed by atoms with van der Waals surface area (Å²) in [6, 6.07) is 11.4. The fourth-order valence-electron chi connectivity index (χ4n) is 1.59. The van der Waals surface area contributed by atoms with Gasteiger partial charge in [0, 0.05) is 11.3 Å². The molecular formula is C13H13ClO2S. The quantitative estimate of drug-likeness (QED) is 0.916. The predicted molar refractivity (Wildman–Crippen MR) is 71.0 cm³/mol. The fraction of sp³-hybridized carbons (Fsp3) is 0.231. The molecule has 4 heteroatoms. The molecule has 0 aliphatic heterocycles. The number of hydrogen-bond acceptors (Lipinski definition) is 3. The fourth-order valence-corrected chi connectivity index (χ4v) is 2.64. The van der Waals surface area contributed by atoms with Crippen LogP contribution in [0.2, 0.25) is 4.34 Å². The van der Waals surface area contributed by atoms with E-state index in [9.17, 15) is 5.11 Å². The highest BCUT2D eigenvalue weighted by molar-refractivity contribution is 7.16. The zero-order chi connectivity index (χ0) is 12.3. The zero-order valence-corrected chi connectivity index (χ0v) is 11.0. The average molecular weight is 269 g/mol. The molecule has 2 rings (SSSR count). The minimum absolute atomic E-state index is 0.499. The molecule has 1 atom stereocenters. The summed E-state index contributed by atoms with van der Waals surface area (Å²) in [7, 11) is 1.64. The average Bonchev–Trinajstić information content (AvgIpc) is 2.77. The van der Waals surface area contributed by atoms with Crippen molar-refractivity contribution in [2.24, 2.45) is 0 Å². The van der Waals surface area contributed by atoms with Gasteiger partial charge < -0.3 is 9.84 Å². The molecule has 2 nitrogen and oxygen atoms in total. The Balaban J connectivity index is 2.04. The van der Waals surface area contributed by atoms with E-state index in [1.807, 2.05) is 30.3 Å². The van der Waals surface area contributed by atoms with Crippen LogP contribution in [0, 0.1) is 0 Å². The van der Waals surface area contributed by atoms with Gasteiger partial charge in [0.05, 0.1) is 17.6 Å². The number of aliphatic hydroxyl groups excluding tert-OH is 1. The highest BCUT2D eigenvalue weighted by atomic mass is 35.5. The van der Waals surface area contributed by atoms with Crippen molar-refractivity contribution < 1.29 is 9.84 Å². The minimum Gasteiger partial charge on any atom is -0.497 e. The maximum Gasteiger partial charge on any atom is 0.118 e. The molecule has 90 valence electrons. The molecule has 0 saturated heterocycles. The van der Waals surface area contributed by atoms with Gasteiger partial charge in [0.2, 0.25) is 0 Å². The molecule has 1 unspecified atom stereocenters. The van der Waals surface area contributed by atoms with Gasteiger partial charge in [-0.1, -0.05) is 23.7 Å². The maximum atomic E-state index is 10.0. The van der Waals surface area contributed by atoms with Crippen LogP contribution in [0.15, 0.2) is 36.4 Å². The lowest BCUT2D eigenvalue weighted by Gasteiger charge is -2.09. The highest BCUT2D eigenvalue weighted by Gasteiger charge is 2.11. The van der Waals surface area contributed by atoms with E-state index in [-0.39, 0.29) is 0 Å². The summed E-state index contributed by atoms with van der Waals surface area (Å²) in [6.07, 6.45) is 0.0850. The van der Waals surface area contributed by atoms with Gasteiger partial charge in [0.25, 0.3) is 0 Å². The summed E-state index contributed by atoms with van der Waals surface area (Å²) in [4.78, 5) is 0.894. The van der Waals surface area contributed by atoms with Gasteiger partial charge in [0.15, 0.2) is 0 Å². The second-order valence-electron chi connectivity index (χ2n) is 3.71. The Bertz CT molecular complexity index is 478. The van der Waals surface area contributed by atoms with E-state index in [1.165, 1.54) is 11.3 Å². The number of halogens is 1. The summed E-state index contributed by atoms with van der Waals surface area (Å²) < 4.78 is 5.79. The molecule has 1 aromatic carbocycles. The molecule has 0 spiro atoms. The molecule has 0 amide bonds. The number of aliphatic hydroxyl groups is 1. The van der Waals surface area contributed by atoms with E-state index in [0.29, 0.717) is 10.8 Å². The maximum absolute atomic E-state index is 10.0. The summed E-state index contributed by atoms with van der Waals surface area (Å²) >= 11 is 7.25. The molecule has 1 aromatic heterocycles. The van der Waals surface area contributed by atoms with E-state index < -0.39 is 6.10 Å². The number of benzene rings is 1. The van der Waals surface area contributed by atoms with Crippen molar-refractivity contribution in [1.82, 2.24) is 0 Å². The Hall–Kier alpha value is -1.03. The smallest absolute Gasteiger partial charge is 0.118 e. The van der Waals surface area contributed by atoms with Crippen LogP contribution < -0.4 is 4.74 Å². The minimum atomic E-state index is -0.499. The van der Waals surface area contributed by atoms with E-state index in [4.69, 9.17) is 16.3 Å². The normalized spacial score (nSPS) is 12.4. The Labute approximate surface area is 109 Å². The van der Waals surface area contributed by atoms with Gasteiger partial charge in [0.1, 0.15) is 5.75 Å². The Morgan fingerprint density at radius 3 is 2.47 bits per heavy atom. The summed E-state index contributed by atoms with van der Waals surface area (Å²) in [5, 5.41) is 10.0. The molecule has 1 heterocycles. The van der Waals surface area contributed by atoms with Crippen molar-refractivity contribution in [2.75, 3.05) is 7.11 Å². The lowest BCUT2D eigenvalue weighted by molar-refractivity contribution is 0.182. The lowest BCUT2D eigenvalue weighted by Crippen LogP contribution is -1.99. The van der Waals surface area contributed by atoms with Gasteiger partial charge in [-0.15, -0.1) is 11.3 Å². The van der Waals surface area contributed by atoms with Crippen LogP contribution in [0.3, 0.4) is 0 Å². The Kier molecular flexibility index (Phi) is 4.05. The number of thiophene rings is 1. The first-order valence-electron chi connectivity index (χ1n) is 5.25. The predicted octanol–water partition coefficient (Wildman–Crippen LogP) is 3.69. The first-order valence-corrected chi connectivity index (χ1v) is 6.44. The molecule has 0 aliphatic carbocycles. The SMILES string of the molecule is COc1ccc(CC(O)c2ccc(Cl)s2)cc1. The zero-order valence-electron chi connectivity index (χ0n) is 9.39. The van der Waals surface area contributed by atoms with Crippen LogP contribution in [0.5, 0.6) is 5.75 Å². The molecule has 0 bridgehead atoms. The lowest BCUT2D eigenvalue weighted by atomic mass is 10.1. The van der Waals surface area contributed by atoms with Crippen LogP contribution in [-0.2, 0) is 6.42 Å². The van der Waals surface area contributed by atoms with E-state index >= 15 is 0 Å². The van der Waals surface area contributed by atoms with Gasteiger partial charge in [-0.2, -0.15) is 0 Å². The number of hydrogen-bond donors (Lipinski definition) is 1. The molecular weight excluding hydrogens is 256 g/mol. The van der Waals surface area contributed by atoms with E-state index in [0.717, 1.165) is 16.2 Å². The molecule has 1 N–H and O–H groups in total. The van der Waals surface area contributed by atoms with Crippen LogP contribution in [0.4, 0.5) is 0 Å². The Morgan fingerprint density at radius 1 is 1.24 bits per heavy atom. The third-order valence-corrected chi connectivity index (χ3v) is 3.84. The van der Waals surface area contributed by atoms with Gasteiger partial charge in [-0.25, -0.2) is 0 Å². The largest absolute Gasteiger partial charge is 0.497 e. The van der Waals surface area contributed by atoms with Crippen molar-refractivity contribution >= 4 is 22.9 Å². The van der Waals surface area contributed by atoms with Gasteiger partial charge in [-0.05, 0) is 29.8 Å². The second kappa shape index (κ2) is 5.54. The van der Waals surface area contributed by atoms with Crippen molar-refractivity contribution in [3.05, 3.63) is 51.2 Å². The topological polar surface area (TPSA) is 29.5 Å². The highest BCUT2D eigenvalue weighted by Crippen LogP contribution is 2.29. The van der Waals surface area contributed by atoms with Crippen molar-refractivity contribution in [2.45, 2.75) is 12.5 Å². The molecule has 17 heavy (non-hydrogen) atoms. The van der Waals surface area contributed by atoms with Crippen molar-refractivity contribution in [3.63, 3.8) is 0 Å². The standard InChI is InChI=1S/C13H13ClO2S/c1-16-10-4-2-9(3-5-10)8-11(15)12-6-7-13(14)17-12/h2-7,11,15H,8H2,1H3. The summed E-state index contributed by atoms with van der Waals surface area (Å²) in [5.41, 5.74) is 1.07. The van der Waals surface area contributed by atoms with Crippen molar-refractivity contribution in [1.29, 1.82) is 0 Å². The van der Waals surface area contributed by atoms with Gasteiger partial charge in [-0.3, -0.25) is 0 Å². The molecule has 0 aliphatic rings. The van der Waals surface area contributed by atoms with Crippen molar-refractivity contribution in [3.8, 4) is 5.75 Å². The molecule has 2 aromatic rings. The summed E-state index contributed by atoms with van der Waals surface area (Å²) in [5.74, 6) is 0.822. The first-order chi connectivity index (χ1) is 8.19. The van der Waals surface area contributed by atoms with Crippen LogP contribution in [0.25, 0.3) is 0 Å². The summed E-state index contributed by atoms with van der Waals surface area (Å²) in [6.45, 7) is 0. The first kappa shape index (κ1) is 12.4. The number of rotatable bonds is 4. The molecule has 0 fully saturated rings. The molecule has 0 radical (unpaired) electrons. The van der Waals surface area contributed by atoms with Gasteiger partial charge >= 0.3 is 0 Å². The third-order valence-electron chi connectivity index (χ3n) is 2.51. The number of methoxy groups -OCH3 is 1. The monoisotopic (exact) mass is 268 g/mol. The van der Waals surface area contributed by atoms with E-state index in [2.05, 4.69) is 0 Å². The van der Waals surface area contributed by atoms with Crippen LogP contribution in [0.1, 0.15) is 16.5 Å².